The van der Waals surface area contributed by atoms with Crippen LogP contribution in [0.4, 0.5) is 0 Å². The summed E-state index contributed by atoms with van der Waals surface area (Å²) in [4.78, 5) is 28.4. The predicted molar refractivity (Wildman–Crippen MR) is 102 cm³/mol. The molecule has 134 valence electrons. The quantitative estimate of drug-likeness (QED) is 0.852. The maximum absolute atomic E-state index is 12.6. The van der Waals surface area contributed by atoms with Crippen LogP contribution >= 0.6 is 0 Å². The van der Waals surface area contributed by atoms with Gasteiger partial charge >= 0.3 is 0 Å². The highest BCUT2D eigenvalue weighted by molar-refractivity contribution is 5.80. The minimum atomic E-state index is 0.159. The topological polar surface area (TPSA) is 40.6 Å². The molecule has 0 saturated carbocycles. The average Bonchev–Trinajstić information content (AvgIpc) is 3.32. The first-order valence-corrected chi connectivity index (χ1v) is 9.42. The molecule has 2 fully saturated rings. The van der Waals surface area contributed by atoms with Gasteiger partial charge in [-0.3, -0.25) is 9.59 Å². The molecule has 0 aliphatic carbocycles. The van der Waals surface area contributed by atoms with Crippen molar-refractivity contribution in [3.8, 4) is 11.1 Å². The van der Waals surface area contributed by atoms with E-state index in [1.165, 1.54) is 5.56 Å². The number of likely N-dealkylation sites (tertiary alicyclic amines) is 2. The van der Waals surface area contributed by atoms with Gasteiger partial charge in [-0.15, -0.1) is 0 Å². The Morgan fingerprint density at radius 2 is 1.69 bits per heavy atom. The Morgan fingerprint density at radius 3 is 2.38 bits per heavy atom. The van der Waals surface area contributed by atoms with E-state index in [0.717, 1.165) is 37.1 Å². The number of benzene rings is 2. The number of rotatable bonds is 4. The highest BCUT2D eigenvalue weighted by atomic mass is 16.2. The van der Waals surface area contributed by atoms with Crippen LogP contribution in [0.5, 0.6) is 0 Å². The van der Waals surface area contributed by atoms with Crippen molar-refractivity contribution in [3.05, 3.63) is 60.2 Å². The van der Waals surface area contributed by atoms with E-state index in [4.69, 9.17) is 0 Å². The van der Waals surface area contributed by atoms with Gasteiger partial charge < -0.3 is 9.80 Å². The first-order chi connectivity index (χ1) is 12.7. The zero-order valence-corrected chi connectivity index (χ0v) is 14.9. The van der Waals surface area contributed by atoms with Crippen LogP contribution in [0.1, 0.15) is 24.8 Å². The molecule has 2 aliphatic rings. The van der Waals surface area contributed by atoms with E-state index in [1.807, 2.05) is 40.1 Å². The fourth-order valence-corrected chi connectivity index (χ4v) is 4.01. The Bertz CT molecular complexity index is 786. The zero-order chi connectivity index (χ0) is 17.9. The van der Waals surface area contributed by atoms with Crippen LogP contribution in [0.3, 0.4) is 0 Å². The second kappa shape index (κ2) is 7.32. The lowest BCUT2D eigenvalue weighted by atomic mass is 10.0. The van der Waals surface area contributed by atoms with Crippen LogP contribution in [-0.2, 0) is 16.0 Å². The molecule has 0 radical (unpaired) electrons. The van der Waals surface area contributed by atoms with E-state index < -0.39 is 0 Å². The van der Waals surface area contributed by atoms with Gasteiger partial charge in [-0.25, -0.2) is 0 Å². The molecule has 2 heterocycles. The molecule has 2 aliphatic heterocycles. The zero-order valence-electron chi connectivity index (χ0n) is 14.9. The summed E-state index contributed by atoms with van der Waals surface area (Å²) in [7, 11) is 0. The van der Waals surface area contributed by atoms with Crippen molar-refractivity contribution >= 4 is 11.8 Å². The molecule has 0 aromatic heterocycles. The van der Waals surface area contributed by atoms with E-state index >= 15 is 0 Å². The molecule has 2 aromatic rings. The van der Waals surface area contributed by atoms with Gasteiger partial charge in [0.25, 0.3) is 0 Å². The Balaban J connectivity index is 1.35. The van der Waals surface area contributed by atoms with Gasteiger partial charge in [0.05, 0.1) is 12.5 Å². The summed E-state index contributed by atoms with van der Waals surface area (Å²) >= 11 is 0. The third kappa shape index (κ3) is 3.50. The Kier molecular flexibility index (Phi) is 4.74. The Labute approximate surface area is 154 Å². The van der Waals surface area contributed by atoms with E-state index in [2.05, 4.69) is 24.3 Å². The van der Waals surface area contributed by atoms with Gasteiger partial charge in [0, 0.05) is 26.1 Å². The lowest BCUT2D eigenvalue weighted by Crippen LogP contribution is -2.39. The summed E-state index contributed by atoms with van der Waals surface area (Å²) in [5, 5.41) is 0. The van der Waals surface area contributed by atoms with E-state index in [-0.39, 0.29) is 17.9 Å². The molecule has 2 aromatic carbocycles. The summed E-state index contributed by atoms with van der Waals surface area (Å²) in [5.74, 6) is 0.410. The molecule has 26 heavy (non-hydrogen) atoms. The van der Waals surface area contributed by atoms with Crippen molar-refractivity contribution < 1.29 is 9.59 Å². The van der Waals surface area contributed by atoms with Gasteiger partial charge in [-0.05, 0) is 29.5 Å². The van der Waals surface area contributed by atoms with Crippen LogP contribution in [0.2, 0.25) is 0 Å². The number of amides is 2. The van der Waals surface area contributed by atoms with E-state index in [0.29, 0.717) is 19.4 Å². The normalized spacial score (nSPS) is 20.0. The first-order valence-electron chi connectivity index (χ1n) is 9.42. The lowest BCUT2D eigenvalue weighted by molar-refractivity contribution is -0.132. The average molecular weight is 348 g/mol. The molecule has 2 amide bonds. The number of carbonyl (C=O) groups is 2. The highest BCUT2D eigenvalue weighted by Crippen LogP contribution is 2.23. The number of carbonyl (C=O) groups excluding carboxylic acids is 2. The van der Waals surface area contributed by atoms with Crippen molar-refractivity contribution in [1.82, 2.24) is 9.80 Å². The largest absolute Gasteiger partial charge is 0.340 e. The Hall–Kier alpha value is -2.62. The van der Waals surface area contributed by atoms with Crippen molar-refractivity contribution in [2.45, 2.75) is 31.7 Å². The van der Waals surface area contributed by atoms with Gasteiger partial charge in [0.2, 0.25) is 11.8 Å². The van der Waals surface area contributed by atoms with Crippen LogP contribution in [0, 0.1) is 0 Å². The van der Waals surface area contributed by atoms with Crippen molar-refractivity contribution in [1.29, 1.82) is 0 Å². The lowest BCUT2D eigenvalue weighted by Gasteiger charge is -2.24. The molecule has 0 bridgehead atoms. The summed E-state index contributed by atoms with van der Waals surface area (Å²) < 4.78 is 0. The van der Waals surface area contributed by atoms with Crippen LogP contribution in [0.15, 0.2) is 54.6 Å². The number of hydrogen-bond acceptors (Lipinski definition) is 2. The maximum atomic E-state index is 12.6. The molecular weight excluding hydrogens is 324 g/mol. The van der Waals surface area contributed by atoms with Gasteiger partial charge in [-0.2, -0.15) is 0 Å². The van der Waals surface area contributed by atoms with Gasteiger partial charge in [0.1, 0.15) is 0 Å². The molecule has 4 heteroatoms. The van der Waals surface area contributed by atoms with Crippen molar-refractivity contribution in [2.75, 3.05) is 19.6 Å². The third-order valence-electron chi connectivity index (χ3n) is 5.48. The highest BCUT2D eigenvalue weighted by Gasteiger charge is 2.34. The fraction of sp³-hybridized carbons (Fsp3) is 0.364. The van der Waals surface area contributed by atoms with Crippen molar-refractivity contribution in [2.24, 2.45) is 0 Å². The van der Waals surface area contributed by atoms with Crippen LogP contribution in [-0.4, -0.2) is 47.3 Å². The van der Waals surface area contributed by atoms with E-state index in [1.54, 1.807) is 0 Å². The van der Waals surface area contributed by atoms with Crippen LogP contribution in [0.25, 0.3) is 11.1 Å². The molecule has 4 rings (SSSR count). The smallest absolute Gasteiger partial charge is 0.227 e. The third-order valence-corrected chi connectivity index (χ3v) is 5.48. The van der Waals surface area contributed by atoms with E-state index in [9.17, 15) is 9.59 Å². The minimum absolute atomic E-state index is 0.159. The molecule has 0 spiro atoms. The maximum Gasteiger partial charge on any atom is 0.227 e. The fourth-order valence-electron chi connectivity index (χ4n) is 4.01. The summed E-state index contributed by atoms with van der Waals surface area (Å²) in [6, 6.07) is 18.7. The molecule has 4 nitrogen and oxygen atoms in total. The summed E-state index contributed by atoms with van der Waals surface area (Å²) in [6.45, 7) is 2.30. The monoisotopic (exact) mass is 348 g/mol. The van der Waals surface area contributed by atoms with Gasteiger partial charge in [0.15, 0.2) is 0 Å². The molecule has 1 atom stereocenters. The second-order valence-corrected chi connectivity index (χ2v) is 7.21. The molecule has 0 N–H and O–H groups in total. The first kappa shape index (κ1) is 16.8. The van der Waals surface area contributed by atoms with Crippen LogP contribution < -0.4 is 0 Å². The SMILES string of the molecule is O=C(Cc1ccc(-c2ccccc2)cc1)N1CCC(N2CCCC2=O)C1. The standard InChI is InChI=1S/C22H24N2O2/c25-21-7-4-13-24(21)20-12-14-23(16-20)22(26)15-17-8-10-19(11-9-17)18-5-2-1-3-6-18/h1-3,5-6,8-11,20H,4,7,12-16H2. The number of nitrogens with zero attached hydrogens (tertiary/aromatic N) is 2. The Morgan fingerprint density at radius 1 is 0.962 bits per heavy atom. The summed E-state index contributed by atoms with van der Waals surface area (Å²) in [6.07, 6.45) is 2.95. The second-order valence-electron chi connectivity index (χ2n) is 7.21. The predicted octanol–water partition coefficient (Wildman–Crippen LogP) is 3.12. The minimum Gasteiger partial charge on any atom is -0.340 e. The summed E-state index contributed by atoms with van der Waals surface area (Å²) in [5.41, 5.74) is 3.38. The number of hydrogen-bond donors (Lipinski definition) is 0. The molecule has 1 unspecified atom stereocenters. The van der Waals surface area contributed by atoms with Gasteiger partial charge in [-0.1, -0.05) is 54.6 Å². The molecule has 2 saturated heterocycles. The molecular formula is C22H24N2O2. The van der Waals surface area contributed by atoms with Crippen molar-refractivity contribution in [3.63, 3.8) is 0 Å².